The Balaban J connectivity index is 1.69. The highest BCUT2D eigenvalue weighted by Gasteiger charge is 2.31. The van der Waals surface area contributed by atoms with Crippen molar-refractivity contribution in [3.8, 4) is 0 Å². The normalized spacial score (nSPS) is 15.4. The van der Waals surface area contributed by atoms with Crippen LogP contribution in [0.2, 0.25) is 0 Å². The molecule has 0 radical (unpaired) electrons. The third-order valence-corrected chi connectivity index (χ3v) is 4.46. The van der Waals surface area contributed by atoms with Crippen molar-refractivity contribution < 1.29 is 18.0 Å². The molecule has 0 atom stereocenters. The molecule has 1 aliphatic rings. The monoisotopic (exact) mass is 348 g/mol. The maximum absolute atomic E-state index is 12.8. The highest BCUT2D eigenvalue weighted by Crippen LogP contribution is 2.30. The van der Waals surface area contributed by atoms with E-state index in [9.17, 15) is 18.0 Å². The van der Waals surface area contributed by atoms with Crippen molar-refractivity contribution in [3.63, 3.8) is 0 Å². The lowest BCUT2D eigenvalue weighted by Crippen LogP contribution is -2.49. The van der Waals surface area contributed by atoms with Gasteiger partial charge >= 0.3 is 6.18 Å². The zero-order valence-corrected chi connectivity index (χ0v) is 13.9. The first-order chi connectivity index (χ1) is 11.9. The summed E-state index contributed by atoms with van der Waals surface area (Å²) in [6.45, 7) is 4.34. The van der Waals surface area contributed by atoms with Crippen LogP contribution in [0.3, 0.4) is 0 Å². The molecule has 0 aromatic heterocycles. The summed E-state index contributed by atoms with van der Waals surface area (Å²) < 4.78 is 38.5. The molecule has 1 saturated heterocycles. The second-order valence-corrected chi connectivity index (χ2v) is 6.14. The van der Waals surface area contributed by atoms with E-state index in [2.05, 4.69) is 4.90 Å². The molecular formula is C19H19F3N2O. The number of amides is 1. The number of para-hydroxylation sites is 1. The number of nitrogens with zero attached hydrogens (tertiary/aromatic N) is 2. The molecule has 0 bridgehead atoms. The lowest BCUT2D eigenvalue weighted by atomic mass is 10.1. The Kier molecular flexibility index (Phi) is 4.70. The Bertz CT molecular complexity index is 765. The lowest BCUT2D eigenvalue weighted by molar-refractivity contribution is -0.137. The second-order valence-electron chi connectivity index (χ2n) is 6.14. The number of benzene rings is 2. The predicted molar refractivity (Wildman–Crippen MR) is 90.7 cm³/mol. The van der Waals surface area contributed by atoms with Crippen LogP contribution in [-0.4, -0.2) is 37.0 Å². The van der Waals surface area contributed by atoms with Gasteiger partial charge in [-0.25, -0.2) is 0 Å². The summed E-state index contributed by atoms with van der Waals surface area (Å²) in [5, 5.41) is 0. The molecule has 1 heterocycles. The van der Waals surface area contributed by atoms with Gasteiger partial charge in [0.05, 0.1) is 5.56 Å². The summed E-state index contributed by atoms with van der Waals surface area (Å²) in [7, 11) is 0. The molecule has 25 heavy (non-hydrogen) atoms. The summed E-state index contributed by atoms with van der Waals surface area (Å²) in [6, 6.07) is 12.7. The number of carbonyl (C=O) groups excluding carboxylic acids is 1. The van der Waals surface area contributed by atoms with Crippen molar-refractivity contribution in [1.82, 2.24) is 4.90 Å². The van der Waals surface area contributed by atoms with Gasteiger partial charge in [0.15, 0.2) is 0 Å². The molecule has 0 N–H and O–H groups in total. The predicted octanol–water partition coefficient (Wildman–Crippen LogP) is 3.98. The maximum atomic E-state index is 12.8. The zero-order valence-electron chi connectivity index (χ0n) is 13.9. The Morgan fingerprint density at radius 2 is 1.64 bits per heavy atom. The summed E-state index contributed by atoms with van der Waals surface area (Å²) in [6.07, 6.45) is -4.44. The van der Waals surface area contributed by atoms with Crippen molar-refractivity contribution in [1.29, 1.82) is 0 Å². The summed E-state index contributed by atoms with van der Waals surface area (Å²) >= 11 is 0. The molecule has 2 aromatic carbocycles. The third-order valence-electron chi connectivity index (χ3n) is 4.46. The van der Waals surface area contributed by atoms with Gasteiger partial charge in [0.1, 0.15) is 0 Å². The lowest BCUT2D eigenvalue weighted by Gasteiger charge is -2.36. The van der Waals surface area contributed by atoms with Crippen molar-refractivity contribution in [2.24, 2.45) is 0 Å². The molecule has 0 unspecified atom stereocenters. The fourth-order valence-electron chi connectivity index (χ4n) is 3.08. The van der Waals surface area contributed by atoms with E-state index in [1.807, 2.05) is 31.2 Å². The Labute approximate surface area is 144 Å². The first kappa shape index (κ1) is 17.3. The Hall–Kier alpha value is -2.50. The topological polar surface area (TPSA) is 23.6 Å². The van der Waals surface area contributed by atoms with Crippen molar-refractivity contribution >= 4 is 11.6 Å². The first-order valence-corrected chi connectivity index (χ1v) is 8.13. The number of piperazine rings is 1. The van der Waals surface area contributed by atoms with Crippen LogP contribution < -0.4 is 4.90 Å². The largest absolute Gasteiger partial charge is 0.416 e. The van der Waals surface area contributed by atoms with E-state index in [0.29, 0.717) is 26.2 Å². The van der Waals surface area contributed by atoms with Gasteiger partial charge in [-0.1, -0.05) is 24.3 Å². The minimum atomic E-state index is -4.44. The van der Waals surface area contributed by atoms with Gasteiger partial charge in [0.2, 0.25) is 0 Å². The van der Waals surface area contributed by atoms with Crippen molar-refractivity contribution in [3.05, 3.63) is 65.2 Å². The van der Waals surface area contributed by atoms with Gasteiger partial charge in [0, 0.05) is 37.4 Å². The average Bonchev–Trinajstić information content (AvgIpc) is 2.61. The fourth-order valence-corrected chi connectivity index (χ4v) is 3.08. The van der Waals surface area contributed by atoms with E-state index in [1.54, 1.807) is 4.90 Å². The van der Waals surface area contributed by atoms with Crippen LogP contribution in [-0.2, 0) is 6.18 Å². The van der Waals surface area contributed by atoms with Gasteiger partial charge in [-0.2, -0.15) is 13.2 Å². The number of aryl methyl sites for hydroxylation is 1. The van der Waals surface area contributed by atoms with Crippen molar-refractivity contribution in [2.75, 3.05) is 31.1 Å². The van der Waals surface area contributed by atoms with Crippen LogP contribution in [0.25, 0.3) is 0 Å². The third kappa shape index (κ3) is 3.78. The number of carbonyl (C=O) groups is 1. The van der Waals surface area contributed by atoms with Crippen LogP contribution in [0.15, 0.2) is 48.5 Å². The molecule has 0 aliphatic carbocycles. The van der Waals surface area contributed by atoms with Crippen LogP contribution in [0.5, 0.6) is 0 Å². The van der Waals surface area contributed by atoms with E-state index in [4.69, 9.17) is 0 Å². The van der Waals surface area contributed by atoms with Gasteiger partial charge in [-0.15, -0.1) is 0 Å². The van der Waals surface area contributed by atoms with E-state index < -0.39 is 11.7 Å². The fraction of sp³-hybridized carbons (Fsp3) is 0.316. The van der Waals surface area contributed by atoms with Crippen LogP contribution >= 0.6 is 0 Å². The molecule has 1 amide bonds. The van der Waals surface area contributed by atoms with E-state index in [0.717, 1.165) is 17.8 Å². The summed E-state index contributed by atoms with van der Waals surface area (Å²) in [5.41, 5.74) is 1.59. The number of hydrogen-bond acceptors (Lipinski definition) is 2. The number of alkyl halides is 3. The smallest absolute Gasteiger partial charge is 0.368 e. The second kappa shape index (κ2) is 6.78. The first-order valence-electron chi connectivity index (χ1n) is 8.13. The highest BCUT2D eigenvalue weighted by molar-refractivity contribution is 5.94. The molecule has 0 saturated carbocycles. The Morgan fingerprint density at radius 1 is 0.960 bits per heavy atom. The van der Waals surface area contributed by atoms with Crippen LogP contribution in [0.4, 0.5) is 18.9 Å². The average molecular weight is 348 g/mol. The van der Waals surface area contributed by atoms with Crippen molar-refractivity contribution in [2.45, 2.75) is 13.1 Å². The summed E-state index contributed by atoms with van der Waals surface area (Å²) in [5.74, 6) is -0.351. The number of hydrogen-bond donors (Lipinski definition) is 0. The minimum absolute atomic E-state index is 0.0826. The number of halogens is 3. The minimum Gasteiger partial charge on any atom is -0.368 e. The highest BCUT2D eigenvalue weighted by atomic mass is 19.4. The van der Waals surface area contributed by atoms with E-state index >= 15 is 0 Å². The molecule has 1 aliphatic heterocycles. The van der Waals surface area contributed by atoms with E-state index in [-0.39, 0.29) is 11.5 Å². The Morgan fingerprint density at radius 3 is 2.28 bits per heavy atom. The summed E-state index contributed by atoms with van der Waals surface area (Å²) in [4.78, 5) is 16.3. The number of anilines is 1. The maximum Gasteiger partial charge on any atom is 0.416 e. The van der Waals surface area contributed by atoms with E-state index in [1.165, 1.54) is 17.7 Å². The molecule has 3 nitrogen and oxygen atoms in total. The van der Waals surface area contributed by atoms with Gasteiger partial charge < -0.3 is 9.80 Å². The molecule has 0 spiro atoms. The molecule has 3 rings (SSSR count). The van der Waals surface area contributed by atoms with Gasteiger partial charge in [0.25, 0.3) is 5.91 Å². The van der Waals surface area contributed by atoms with Crippen LogP contribution in [0.1, 0.15) is 21.5 Å². The standard InChI is InChI=1S/C19H19F3N2O/c1-14-5-2-3-8-17(14)23-9-11-24(12-10-23)18(25)15-6-4-7-16(13-15)19(20,21)22/h2-8,13H,9-12H2,1H3. The van der Waals surface area contributed by atoms with Gasteiger partial charge in [-0.05, 0) is 36.8 Å². The SMILES string of the molecule is Cc1ccccc1N1CCN(C(=O)c2cccc(C(F)(F)F)c2)CC1. The molecular weight excluding hydrogens is 329 g/mol. The zero-order chi connectivity index (χ0) is 18.0. The molecule has 6 heteroatoms. The molecule has 2 aromatic rings. The quantitative estimate of drug-likeness (QED) is 0.820. The van der Waals surface area contributed by atoms with Crippen LogP contribution in [0, 0.1) is 6.92 Å². The number of rotatable bonds is 2. The molecule has 1 fully saturated rings. The van der Waals surface area contributed by atoms with Gasteiger partial charge in [-0.3, -0.25) is 4.79 Å². The molecule has 132 valence electrons.